The van der Waals surface area contributed by atoms with Crippen molar-refractivity contribution in [3.8, 4) is 0 Å². The second-order valence-corrected chi connectivity index (χ2v) is 11.5. The molecule has 0 aromatic carbocycles. The maximum atomic E-state index is 12.5. The van der Waals surface area contributed by atoms with Gasteiger partial charge < -0.3 is 34.8 Å². The monoisotopic (exact) mass is 613 g/mol. The third-order valence-electron chi connectivity index (χ3n) is 7.52. The van der Waals surface area contributed by atoms with Gasteiger partial charge in [-0.25, -0.2) is 0 Å². The van der Waals surface area contributed by atoms with E-state index in [1.54, 1.807) is 25.2 Å². The van der Waals surface area contributed by atoms with E-state index in [1.807, 2.05) is 37.3 Å². The number of likely N-dealkylation sites (N-methyl/N-ethyl adjacent to an activating group) is 1. The van der Waals surface area contributed by atoms with E-state index in [0.717, 1.165) is 10.5 Å². The van der Waals surface area contributed by atoms with Crippen LogP contribution >= 0.6 is 0 Å². The molecule has 242 valence electrons. The van der Waals surface area contributed by atoms with E-state index >= 15 is 0 Å². The van der Waals surface area contributed by atoms with Crippen molar-refractivity contribution < 1.29 is 44.3 Å². The first-order chi connectivity index (χ1) is 20.7. The highest BCUT2D eigenvalue weighted by Crippen LogP contribution is 2.28. The number of hydrogen-bond acceptors (Lipinski definition) is 8. The number of carbonyl (C=O) groups excluding carboxylic acids is 2. The van der Waals surface area contributed by atoms with Crippen molar-refractivity contribution in [2.45, 2.75) is 90.6 Å². The van der Waals surface area contributed by atoms with Crippen LogP contribution in [0.15, 0.2) is 83.7 Å². The molecular weight excluding hydrogens is 566 g/mol. The number of likely N-dealkylation sites (tertiary alicyclic amines) is 1. The van der Waals surface area contributed by atoms with Gasteiger partial charge in [0.25, 0.3) is 5.91 Å². The number of Topliss-reactive ketones (excluding diaryl/α,β-unsaturated/α-hetero) is 1. The van der Waals surface area contributed by atoms with Crippen LogP contribution in [0.3, 0.4) is 0 Å². The Bertz CT molecular complexity index is 1210. The largest absolute Gasteiger partial charge is 0.507 e. The molecule has 0 aromatic heterocycles. The van der Waals surface area contributed by atoms with E-state index in [-0.39, 0.29) is 42.8 Å². The number of aliphatic hydroxyl groups is 3. The lowest BCUT2D eigenvalue weighted by Gasteiger charge is -2.38. The molecule has 2 fully saturated rings. The first-order valence-corrected chi connectivity index (χ1v) is 14.9. The lowest BCUT2D eigenvalue weighted by molar-refractivity contribution is -0.267. The van der Waals surface area contributed by atoms with E-state index in [2.05, 4.69) is 26.8 Å². The summed E-state index contributed by atoms with van der Waals surface area (Å²) in [5.74, 6) is -2.43. The van der Waals surface area contributed by atoms with Crippen LogP contribution in [0.2, 0.25) is 0 Å². The van der Waals surface area contributed by atoms with E-state index < -0.39 is 54.1 Å². The molecule has 0 saturated carbocycles. The molecule has 0 radical (unpaired) electrons. The Hall–Kier alpha value is -3.57. The number of aliphatic hydroxyl groups excluding tert-OH is 3. The van der Waals surface area contributed by atoms with Crippen LogP contribution < -0.4 is 0 Å². The van der Waals surface area contributed by atoms with Gasteiger partial charge in [-0.2, -0.15) is 0 Å². The van der Waals surface area contributed by atoms with Gasteiger partial charge in [0, 0.05) is 25.8 Å². The number of carboxylic acids is 1. The average Bonchev–Trinajstić information content (AvgIpc) is 3.16. The summed E-state index contributed by atoms with van der Waals surface area (Å²) in [6, 6.07) is -0.894. The van der Waals surface area contributed by atoms with Gasteiger partial charge in [0.05, 0.1) is 24.4 Å². The Morgan fingerprint density at radius 1 is 1.00 bits per heavy atom. The van der Waals surface area contributed by atoms with Crippen molar-refractivity contribution >= 4 is 17.7 Å². The average molecular weight is 614 g/mol. The van der Waals surface area contributed by atoms with E-state index in [0.29, 0.717) is 0 Å². The van der Waals surface area contributed by atoms with Crippen LogP contribution in [0.5, 0.6) is 0 Å². The zero-order valence-electron chi connectivity index (χ0n) is 26.4. The number of ketones is 1. The number of carbonyl (C=O) groups is 3. The number of aliphatic carboxylic acids is 1. The number of rotatable bonds is 14. The predicted molar refractivity (Wildman–Crippen MR) is 167 cm³/mol. The van der Waals surface area contributed by atoms with Crippen molar-refractivity contribution in [2.24, 2.45) is 11.8 Å². The molecule has 1 amide bonds. The highest BCUT2D eigenvalue weighted by atomic mass is 16.7. The van der Waals surface area contributed by atoms with Crippen LogP contribution in [0, 0.1) is 11.8 Å². The number of nitrogens with zero attached hydrogens (tertiary/aromatic N) is 1. The minimum Gasteiger partial charge on any atom is -0.507 e. The Morgan fingerprint density at radius 3 is 2.11 bits per heavy atom. The number of carboxylic acid groups (broad SMARTS) is 1. The molecule has 10 heteroatoms. The smallest absolute Gasteiger partial charge is 0.303 e. The highest BCUT2D eigenvalue weighted by molar-refractivity contribution is 6.27. The highest BCUT2D eigenvalue weighted by Gasteiger charge is 2.42. The summed E-state index contributed by atoms with van der Waals surface area (Å²) in [5.41, 5.74) is 0.726. The van der Waals surface area contributed by atoms with Crippen molar-refractivity contribution in [2.75, 3.05) is 7.05 Å². The van der Waals surface area contributed by atoms with E-state index in [4.69, 9.17) is 14.6 Å². The van der Waals surface area contributed by atoms with Crippen LogP contribution in [0.25, 0.3) is 0 Å². The normalized spacial score (nSPS) is 28.2. The molecular formula is C34H47NO9. The summed E-state index contributed by atoms with van der Waals surface area (Å²) in [6.45, 7) is 9.97. The molecule has 2 rings (SSSR count). The Labute approximate surface area is 260 Å². The number of ether oxygens (including phenoxy) is 2. The van der Waals surface area contributed by atoms with Gasteiger partial charge in [0.15, 0.2) is 12.1 Å². The molecule has 10 nitrogen and oxygen atoms in total. The molecule has 2 aliphatic heterocycles. The molecule has 0 spiro atoms. The van der Waals surface area contributed by atoms with Crippen molar-refractivity contribution in [1.82, 2.24) is 4.90 Å². The predicted octanol–water partition coefficient (Wildman–Crippen LogP) is 4.33. The fourth-order valence-corrected chi connectivity index (χ4v) is 5.15. The first-order valence-electron chi connectivity index (χ1n) is 14.9. The Kier molecular flexibility index (Phi) is 14.7. The summed E-state index contributed by atoms with van der Waals surface area (Å²) < 4.78 is 12.0. The summed E-state index contributed by atoms with van der Waals surface area (Å²) in [5, 5.41) is 39.1. The van der Waals surface area contributed by atoms with Crippen LogP contribution in [0.4, 0.5) is 0 Å². The van der Waals surface area contributed by atoms with Crippen molar-refractivity contribution in [3.63, 3.8) is 0 Å². The standard InChI is InChI=1S/C34H47NO9/c1-21(2)33(44-29-20-27(37)31(40)24(5)43-29)23(4)19-22(3)15-13-11-9-7-8-10-12-14-16-26(36)30-32(41)25(17-18-28(38)39)35(6)34(30)42/h7-16,19,21,23-25,27,29,31,33,36-37,40H,17-18,20H2,1-6H3,(H,38,39)/b8-7+,11-9-,12-10+,15-13-,16-14+,22-19+,30-26?/t23-,24-,25-,27-,29+,31+,33+/m1/s1. The van der Waals surface area contributed by atoms with Gasteiger partial charge in [-0.1, -0.05) is 87.1 Å². The van der Waals surface area contributed by atoms with Gasteiger partial charge in [-0.15, -0.1) is 0 Å². The van der Waals surface area contributed by atoms with Gasteiger partial charge in [0.1, 0.15) is 17.4 Å². The maximum absolute atomic E-state index is 12.5. The van der Waals surface area contributed by atoms with Crippen molar-refractivity contribution in [1.29, 1.82) is 0 Å². The third kappa shape index (κ3) is 10.9. The summed E-state index contributed by atoms with van der Waals surface area (Å²) in [6.07, 6.45) is 16.4. The zero-order chi connectivity index (χ0) is 33.0. The van der Waals surface area contributed by atoms with Crippen LogP contribution in [0.1, 0.15) is 53.9 Å². The molecule has 4 N–H and O–H groups in total. The third-order valence-corrected chi connectivity index (χ3v) is 7.52. The fraction of sp³-hybridized carbons (Fsp3) is 0.500. The second kappa shape index (κ2) is 17.7. The molecule has 2 saturated heterocycles. The van der Waals surface area contributed by atoms with Crippen LogP contribution in [-0.4, -0.2) is 86.8 Å². The number of amides is 1. The second-order valence-electron chi connectivity index (χ2n) is 11.5. The van der Waals surface area contributed by atoms with E-state index in [1.165, 1.54) is 19.2 Å². The maximum Gasteiger partial charge on any atom is 0.303 e. The fourth-order valence-electron chi connectivity index (χ4n) is 5.15. The Morgan fingerprint density at radius 2 is 1.57 bits per heavy atom. The molecule has 44 heavy (non-hydrogen) atoms. The minimum atomic E-state index is -1.06. The SMILES string of the molecule is CC(/C=C\C=C/C=C/C=C/C=C/C(O)=C1C(=O)[C@@H](CCC(=O)O)N(C)C1=O)=C\[C@@H](C)[C@@H](O[C@H]1C[C@@H](O)[C@@H](O)[C@@H](C)O1)C(C)C. The zero-order valence-corrected chi connectivity index (χ0v) is 26.4. The molecule has 2 aliphatic rings. The topological polar surface area (TPSA) is 154 Å². The Balaban J connectivity index is 1.87. The van der Waals surface area contributed by atoms with Gasteiger partial charge in [-0.05, 0) is 32.3 Å². The summed E-state index contributed by atoms with van der Waals surface area (Å²) in [7, 11) is 1.41. The van der Waals surface area contributed by atoms with Gasteiger partial charge >= 0.3 is 5.97 Å². The number of allylic oxidation sites excluding steroid dienone is 11. The summed E-state index contributed by atoms with van der Waals surface area (Å²) in [4.78, 5) is 36.9. The van der Waals surface area contributed by atoms with Gasteiger partial charge in [0.2, 0.25) is 0 Å². The van der Waals surface area contributed by atoms with Gasteiger partial charge in [-0.3, -0.25) is 14.4 Å². The first kappa shape index (κ1) is 36.6. The molecule has 0 bridgehead atoms. The number of hydrogen-bond donors (Lipinski definition) is 4. The quantitative estimate of drug-likeness (QED) is 0.0970. The molecule has 7 atom stereocenters. The minimum absolute atomic E-state index is 0.0119. The molecule has 0 aliphatic carbocycles. The van der Waals surface area contributed by atoms with E-state index in [9.17, 15) is 29.7 Å². The van der Waals surface area contributed by atoms with Crippen LogP contribution in [-0.2, 0) is 23.9 Å². The lowest BCUT2D eigenvalue weighted by Crippen LogP contribution is -2.49. The molecule has 0 aromatic rings. The molecule has 2 heterocycles. The molecule has 0 unspecified atom stereocenters. The lowest BCUT2D eigenvalue weighted by atomic mass is 9.92. The summed E-state index contributed by atoms with van der Waals surface area (Å²) >= 11 is 0. The van der Waals surface area contributed by atoms with Crippen molar-refractivity contribution in [3.05, 3.63) is 83.7 Å².